The van der Waals surface area contributed by atoms with Gasteiger partial charge < -0.3 is 15.8 Å². The molecule has 106 valence electrons. The first-order valence-electron chi connectivity index (χ1n) is 6.20. The Morgan fingerprint density at radius 3 is 2.90 bits per heavy atom. The normalized spacial score (nSPS) is 12.4. The van der Waals surface area contributed by atoms with E-state index in [4.69, 9.17) is 5.73 Å². The third-order valence-electron chi connectivity index (χ3n) is 2.95. The molecule has 0 radical (unpaired) electrons. The number of thiophene rings is 1. The molecule has 5 nitrogen and oxygen atoms in total. The van der Waals surface area contributed by atoms with Crippen molar-refractivity contribution in [1.29, 1.82) is 0 Å². The minimum atomic E-state index is -0.960. The van der Waals surface area contributed by atoms with Gasteiger partial charge in [0.2, 0.25) is 0 Å². The summed E-state index contributed by atoms with van der Waals surface area (Å²) in [6.45, 7) is 7.78. The van der Waals surface area contributed by atoms with Crippen LogP contribution in [0.2, 0.25) is 0 Å². The molecular formula is C14H17N3O2S. The first-order chi connectivity index (χ1) is 9.47. The lowest BCUT2D eigenvalue weighted by molar-refractivity contribution is 0.177. The highest BCUT2D eigenvalue weighted by Gasteiger charge is 2.14. The standard InChI is InChI=1S/C14H17N3O2S/c1-4-8(7(2)3)11-5-9-12(20-11)14(19)17-13(16-9)10(18)6-15/h4-5,10,18H,1,6,15H2,2-3H3,(H,16,17,19). The highest BCUT2D eigenvalue weighted by Crippen LogP contribution is 2.30. The molecule has 0 amide bonds. The lowest BCUT2D eigenvalue weighted by Gasteiger charge is -2.05. The number of hydrogen-bond donors (Lipinski definition) is 3. The molecule has 0 aliphatic carbocycles. The van der Waals surface area contributed by atoms with Gasteiger partial charge in [0.1, 0.15) is 16.6 Å². The van der Waals surface area contributed by atoms with Gasteiger partial charge >= 0.3 is 0 Å². The van der Waals surface area contributed by atoms with Gasteiger partial charge in [-0.2, -0.15) is 0 Å². The molecular weight excluding hydrogens is 274 g/mol. The predicted molar refractivity (Wildman–Crippen MR) is 82.7 cm³/mol. The quantitative estimate of drug-likeness (QED) is 0.751. The van der Waals surface area contributed by atoms with E-state index in [1.54, 1.807) is 6.08 Å². The van der Waals surface area contributed by atoms with Gasteiger partial charge in [0.05, 0.1) is 5.52 Å². The maximum atomic E-state index is 12.0. The lowest BCUT2D eigenvalue weighted by Crippen LogP contribution is -2.19. The van der Waals surface area contributed by atoms with Crippen molar-refractivity contribution in [2.45, 2.75) is 20.0 Å². The number of aliphatic hydroxyl groups excluding tert-OH is 1. The van der Waals surface area contributed by atoms with E-state index in [9.17, 15) is 9.90 Å². The van der Waals surface area contributed by atoms with Crippen molar-refractivity contribution in [2.24, 2.45) is 5.73 Å². The second kappa shape index (κ2) is 5.70. The fourth-order valence-electron chi connectivity index (χ4n) is 1.91. The zero-order valence-corrected chi connectivity index (χ0v) is 12.3. The van der Waals surface area contributed by atoms with Gasteiger partial charge in [-0.1, -0.05) is 18.2 Å². The molecule has 20 heavy (non-hydrogen) atoms. The van der Waals surface area contributed by atoms with Gasteiger partial charge in [-0.3, -0.25) is 4.79 Å². The summed E-state index contributed by atoms with van der Waals surface area (Å²) in [5.41, 5.74) is 7.80. The number of H-pyrrole nitrogens is 1. The average Bonchev–Trinajstić information content (AvgIpc) is 2.82. The smallest absolute Gasteiger partial charge is 0.268 e. The van der Waals surface area contributed by atoms with Crippen molar-refractivity contribution in [1.82, 2.24) is 9.97 Å². The van der Waals surface area contributed by atoms with E-state index in [0.717, 1.165) is 16.0 Å². The van der Waals surface area contributed by atoms with Crippen LogP contribution >= 0.6 is 11.3 Å². The Kier molecular flexibility index (Phi) is 4.17. The fraction of sp³-hybridized carbons (Fsp3) is 0.286. The van der Waals surface area contributed by atoms with Crippen LogP contribution in [0.5, 0.6) is 0 Å². The molecule has 0 aromatic carbocycles. The zero-order chi connectivity index (χ0) is 14.9. The molecule has 2 rings (SSSR count). The molecule has 0 bridgehead atoms. The van der Waals surface area contributed by atoms with E-state index in [0.29, 0.717) is 10.2 Å². The van der Waals surface area contributed by atoms with Crippen LogP contribution in [0.3, 0.4) is 0 Å². The zero-order valence-electron chi connectivity index (χ0n) is 11.4. The number of aliphatic hydroxyl groups is 1. The van der Waals surface area contributed by atoms with Crippen molar-refractivity contribution >= 4 is 27.1 Å². The van der Waals surface area contributed by atoms with Crippen LogP contribution in [0.25, 0.3) is 15.8 Å². The van der Waals surface area contributed by atoms with Crippen LogP contribution in [0.1, 0.15) is 30.7 Å². The number of aromatic amines is 1. The van der Waals surface area contributed by atoms with Crippen LogP contribution in [-0.2, 0) is 0 Å². The average molecular weight is 291 g/mol. The first-order valence-corrected chi connectivity index (χ1v) is 7.01. The van der Waals surface area contributed by atoms with Gasteiger partial charge in [0.25, 0.3) is 5.56 Å². The molecule has 2 aromatic heterocycles. The largest absolute Gasteiger partial charge is 0.384 e. The number of rotatable bonds is 4. The van der Waals surface area contributed by atoms with Crippen LogP contribution in [-0.4, -0.2) is 21.6 Å². The second-order valence-corrected chi connectivity index (χ2v) is 5.70. The molecule has 0 saturated carbocycles. The summed E-state index contributed by atoms with van der Waals surface area (Å²) < 4.78 is 0.536. The second-order valence-electron chi connectivity index (χ2n) is 4.65. The third kappa shape index (κ3) is 2.58. The predicted octanol–water partition coefficient (Wildman–Crippen LogP) is 1.96. The van der Waals surface area contributed by atoms with Crippen molar-refractivity contribution in [3.63, 3.8) is 0 Å². The van der Waals surface area contributed by atoms with Gasteiger partial charge in [-0.05, 0) is 25.5 Å². The minimum Gasteiger partial charge on any atom is -0.384 e. The molecule has 1 atom stereocenters. The molecule has 4 N–H and O–H groups in total. The molecule has 0 aliphatic rings. The van der Waals surface area contributed by atoms with E-state index in [-0.39, 0.29) is 17.9 Å². The highest BCUT2D eigenvalue weighted by atomic mass is 32.1. The van der Waals surface area contributed by atoms with Crippen LogP contribution in [0.15, 0.2) is 29.1 Å². The van der Waals surface area contributed by atoms with Crippen LogP contribution < -0.4 is 11.3 Å². The Morgan fingerprint density at radius 2 is 2.35 bits per heavy atom. The minimum absolute atomic E-state index is 0.0112. The Hall–Kier alpha value is -1.76. The van der Waals surface area contributed by atoms with Crippen molar-refractivity contribution in [3.8, 4) is 0 Å². The Labute approximate surface area is 120 Å². The SMILES string of the molecule is C=CC(=C(C)C)c1cc2nc(C(O)CN)[nH]c(=O)c2s1. The molecule has 0 spiro atoms. The number of nitrogens with one attached hydrogen (secondary N) is 1. The summed E-state index contributed by atoms with van der Waals surface area (Å²) in [5.74, 6) is 0.201. The Bertz CT molecular complexity index is 738. The maximum Gasteiger partial charge on any atom is 0.268 e. The molecule has 0 fully saturated rings. The maximum absolute atomic E-state index is 12.0. The number of aromatic nitrogens is 2. The number of hydrogen-bond acceptors (Lipinski definition) is 5. The number of allylic oxidation sites excluding steroid dienone is 3. The Balaban J connectivity index is 2.66. The van der Waals surface area contributed by atoms with Crippen LogP contribution in [0, 0.1) is 0 Å². The summed E-state index contributed by atoms with van der Waals surface area (Å²) in [6, 6.07) is 1.84. The van der Waals surface area contributed by atoms with Crippen molar-refractivity contribution in [3.05, 3.63) is 45.3 Å². The summed E-state index contributed by atoms with van der Waals surface area (Å²) in [4.78, 5) is 19.8. The Morgan fingerprint density at radius 1 is 1.65 bits per heavy atom. The van der Waals surface area contributed by atoms with Crippen molar-refractivity contribution < 1.29 is 5.11 Å². The van der Waals surface area contributed by atoms with E-state index >= 15 is 0 Å². The molecule has 2 heterocycles. The number of nitrogens with zero attached hydrogens (tertiary/aromatic N) is 1. The lowest BCUT2D eigenvalue weighted by atomic mass is 10.1. The van der Waals surface area contributed by atoms with Gasteiger partial charge in [-0.25, -0.2) is 4.98 Å². The highest BCUT2D eigenvalue weighted by molar-refractivity contribution is 7.20. The summed E-state index contributed by atoms with van der Waals surface area (Å²) in [7, 11) is 0. The molecule has 0 aliphatic heterocycles. The topological polar surface area (TPSA) is 92.0 Å². The van der Waals surface area contributed by atoms with E-state index in [2.05, 4.69) is 16.5 Å². The van der Waals surface area contributed by atoms with Crippen molar-refractivity contribution in [2.75, 3.05) is 6.54 Å². The monoisotopic (exact) mass is 291 g/mol. The molecule has 6 heteroatoms. The molecule has 0 saturated heterocycles. The fourth-order valence-corrected chi connectivity index (χ4v) is 3.05. The van der Waals surface area contributed by atoms with Gasteiger partial charge in [-0.15, -0.1) is 11.3 Å². The summed E-state index contributed by atoms with van der Waals surface area (Å²) in [5, 5.41) is 9.68. The van der Waals surface area contributed by atoms with E-state index in [1.165, 1.54) is 11.3 Å². The van der Waals surface area contributed by atoms with Gasteiger partial charge in [0, 0.05) is 11.4 Å². The first kappa shape index (κ1) is 14.6. The third-order valence-corrected chi connectivity index (χ3v) is 4.10. The van der Waals surface area contributed by atoms with Crippen LogP contribution in [0.4, 0.5) is 0 Å². The summed E-state index contributed by atoms with van der Waals surface area (Å²) >= 11 is 1.36. The van der Waals surface area contributed by atoms with E-state index < -0.39 is 6.10 Å². The van der Waals surface area contributed by atoms with E-state index in [1.807, 2.05) is 19.9 Å². The molecule has 1 unspecified atom stereocenters. The number of nitrogens with two attached hydrogens (primary N) is 1. The summed E-state index contributed by atoms with van der Waals surface area (Å²) in [6.07, 6.45) is 0.807. The van der Waals surface area contributed by atoms with Gasteiger partial charge in [0.15, 0.2) is 0 Å². The molecule has 2 aromatic rings. The number of fused-ring (bicyclic) bond motifs is 1.